The summed E-state index contributed by atoms with van der Waals surface area (Å²) in [5.41, 5.74) is 18.8. The fourth-order valence-electron chi connectivity index (χ4n) is 7.02. The molecular weight excluding hydrogens is 813 g/mol. The topological polar surface area (TPSA) is 326 Å². The summed E-state index contributed by atoms with van der Waals surface area (Å²) in [6.45, 7) is 12.6. The van der Waals surface area contributed by atoms with Crippen LogP contribution in [0.15, 0.2) is 30.5 Å². The number of carboxylic acid groups (broad SMARTS) is 1. The smallest absolute Gasteiger partial charge is 0.326 e. The number of unbranched alkanes of at least 4 members (excludes halogenated alkanes) is 2. The van der Waals surface area contributed by atoms with E-state index >= 15 is 0 Å². The molecule has 19 nitrogen and oxygen atoms in total. The van der Waals surface area contributed by atoms with Gasteiger partial charge < -0.3 is 64.3 Å². The second kappa shape index (κ2) is 27.2. The molecule has 0 spiro atoms. The lowest BCUT2D eigenvalue weighted by atomic mass is 9.97. The van der Waals surface area contributed by atoms with E-state index in [1.165, 1.54) is 6.92 Å². The third kappa shape index (κ3) is 17.5. The second-order valence-electron chi connectivity index (χ2n) is 17.2. The first-order valence-electron chi connectivity index (χ1n) is 22.2. The van der Waals surface area contributed by atoms with Crippen molar-refractivity contribution in [2.45, 2.75) is 155 Å². The Labute approximate surface area is 370 Å². The van der Waals surface area contributed by atoms with Crippen molar-refractivity contribution in [2.24, 2.45) is 35.0 Å². The monoisotopic (exact) mass is 887 g/mol. The number of carbonyl (C=O) groups excluding carboxylic acids is 6. The Morgan fingerprint density at radius 2 is 1.17 bits per heavy atom. The molecule has 0 aliphatic carbocycles. The molecule has 2 aromatic rings. The number of benzene rings is 1. The summed E-state index contributed by atoms with van der Waals surface area (Å²) in [4.78, 5) is 97.7. The maximum absolute atomic E-state index is 14.1. The lowest BCUT2D eigenvalue weighted by molar-refractivity contribution is -0.144. The van der Waals surface area contributed by atoms with Crippen molar-refractivity contribution in [1.29, 1.82) is 0 Å². The molecule has 1 aromatic heterocycles. The number of aliphatic hydroxyl groups is 1. The highest BCUT2D eigenvalue weighted by Crippen LogP contribution is 2.20. The minimum absolute atomic E-state index is 0.0261. The first kappa shape index (κ1) is 54.0. The van der Waals surface area contributed by atoms with Gasteiger partial charge in [0, 0.05) is 23.5 Å². The third-order valence-electron chi connectivity index (χ3n) is 11.0. The number of amides is 6. The van der Waals surface area contributed by atoms with Gasteiger partial charge in [-0.25, -0.2) is 4.79 Å². The lowest BCUT2D eigenvalue weighted by Gasteiger charge is -2.30. The summed E-state index contributed by atoms with van der Waals surface area (Å²) in [6, 6.07) is -1.15. The van der Waals surface area contributed by atoms with Crippen LogP contribution in [0.4, 0.5) is 0 Å². The average molecular weight is 887 g/mol. The largest absolute Gasteiger partial charge is 0.480 e. The molecule has 63 heavy (non-hydrogen) atoms. The van der Waals surface area contributed by atoms with Crippen LogP contribution in [0.5, 0.6) is 0 Å². The Morgan fingerprint density at radius 3 is 1.75 bits per heavy atom. The molecule has 9 atom stereocenters. The van der Waals surface area contributed by atoms with Crippen LogP contribution in [0.1, 0.15) is 105 Å². The Bertz CT molecular complexity index is 1800. The highest BCUT2D eigenvalue weighted by molar-refractivity contribution is 5.97. The second-order valence-corrected chi connectivity index (χ2v) is 17.2. The van der Waals surface area contributed by atoms with Crippen LogP contribution in [-0.4, -0.2) is 118 Å². The van der Waals surface area contributed by atoms with Gasteiger partial charge in [0.1, 0.15) is 36.3 Å². The van der Waals surface area contributed by atoms with Crippen LogP contribution in [0.25, 0.3) is 10.9 Å². The number of aromatic amines is 1. The maximum Gasteiger partial charge on any atom is 0.326 e. The molecule has 0 fully saturated rings. The molecule has 6 amide bonds. The van der Waals surface area contributed by atoms with Crippen LogP contribution < -0.4 is 49.1 Å². The SMILES string of the molecule is CC[C@H](C)[C@H](NC(=O)[C@H](Cc1c[nH]c2ccccc12)NC(=O)[C@@H](NC(=O)[C@@H](NC(=O)[C@H](CC(C)C)NC(=O)[C@H](CCCCN)NC(=O)[C@@H](N)CCCCN)[C@@H](C)O)C(C)C)C(=O)O. The van der Waals surface area contributed by atoms with Crippen molar-refractivity contribution in [3.05, 3.63) is 36.0 Å². The summed E-state index contributed by atoms with van der Waals surface area (Å²) in [5, 5.41) is 37.4. The van der Waals surface area contributed by atoms with E-state index in [0.29, 0.717) is 57.2 Å². The predicted molar refractivity (Wildman–Crippen MR) is 240 cm³/mol. The number of nitrogens with two attached hydrogens (primary N) is 3. The number of fused-ring (bicyclic) bond motifs is 1. The van der Waals surface area contributed by atoms with Crippen LogP contribution in [-0.2, 0) is 40.0 Å². The Balaban J connectivity index is 2.34. The Kier molecular flexibility index (Phi) is 23.3. The molecule has 0 radical (unpaired) electrons. The molecule has 0 aliphatic heterocycles. The van der Waals surface area contributed by atoms with E-state index in [9.17, 15) is 43.8 Å². The normalized spacial score (nSPS) is 15.8. The summed E-state index contributed by atoms with van der Waals surface area (Å²) >= 11 is 0. The third-order valence-corrected chi connectivity index (χ3v) is 11.0. The quantitative estimate of drug-likeness (QED) is 0.0495. The van der Waals surface area contributed by atoms with Gasteiger partial charge in [0.15, 0.2) is 0 Å². The van der Waals surface area contributed by atoms with E-state index in [0.717, 1.165) is 10.9 Å². The average Bonchev–Trinajstić information content (AvgIpc) is 3.64. The fraction of sp³-hybridized carbons (Fsp3) is 0.659. The van der Waals surface area contributed by atoms with Gasteiger partial charge in [0.05, 0.1) is 12.1 Å². The Hall–Kier alpha value is -5.11. The number of hydrogen-bond acceptors (Lipinski definition) is 11. The van der Waals surface area contributed by atoms with Gasteiger partial charge in [-0.2, -0.15) is 0 Å². The minimum atomic E-state index is -1.60. The first-order chi connectivity index (χ1) is 29.7. The van der Waals surface area contributed by atoms with Gasteiger partial charge in [-0.15, -0.1) is 0 Å². The molecule has 0 bridgehead atoms. The van der Waals surface area contributed by atoms with E-state index in [2.05, 4.69) is 36.9 Å². The van der Waals surface area contributed by atoms with Crippen molar-refractivity contribution < 1.29 is 43.8 Å². The van der Waals surface area contributed by atoms with Crippen molar-refractivity contribution in [2.75, 3.05) is 13.1 Å². The van der Waals surface area contributed by atoms with Crippen LogP contribution in [0.2, 0.25) is 0 Å². The van der Waals surface area contributed by atoms with Gasteiger partial charge in [0.25, 0.3) is 0 Å². The van der Waals surface area contributed by atoms with E-state index in [-0.39, 0.29) is 25.2 Å². The van der Waals surface area contributed by atoms with Crippen molar-refractivity contribution in [3.8, 4) is 0 Å². The minimum Gasteiger partial charge on any atom is -0.480 e. The summed E-state index contributed by atoms with van der Waals surface area (Å²) in [7, 11) is 0. The predicted octanol–water partition coefficient (Wildman–Crippen LogP) is 0.418. The Morgan fingerprint density at radius 1 is 0.651 bits per heavy atom. The molecule has 0 saturated heterocycles. The van der Waals surface area contributed by atoms with E-state index in [1.807, 2.05) is 38.1 Å². The van der Waals surface area contributed by atoms with E-state index in [4.69, 9.17) is 17.2 Å². The number of carbonyl (C=O) groups is 7. The molecule has 0 unspecified atom stereocenters. The van der Waals surface area contributed by atoms with Gasteiger partial charge in [0.2, 0.25) is 35.4 Å². The van der Waals surface area contributed by atoms with Crippen LogP contribution >= 0.6 is 0 Å². The van der Waals surface area contributed by atoms with E-state index in [1.54, 1.807) is 33.9 Å². The highest BCUT2D eigenvalue weighted by Gasteiger charge is 2.37. The fourth-order valence-corrected chi connectivity index (χ4v) is 7.02. The van der Waals surface area contributed by atoms with Gasteiger partial charge in [-0.3, -0.25) is 28.8 Å². The number of H-pyrrole nitrogens is 1. The van der Waals surface area contributed by atoms with Crippen LogP contribution in [0, 0.1) is 17.8 Å². The van der Waals surface area contributed by atoms with Gasteiger partial charge >= 0.3 is 5.97 Å². The molecular formula is C44H74N10O9. The number of carboxylic acids is 1. The number of para-hydroxylation sites is 1. The number of rotatable bonds is 29. The summed E-state index contributed by atoms with van der Waals surface area (Å²) in [6.07, 6.45) is 3.78. The summed E-state index contributed by atoms with van der Waals surface area (Å²) < 4.78 is 0. The molecule has 1 aromatic carbocycles. The molecule has 354 valence electrons. The first-order valence-corrected chi connectivity index (χ1v) is 22.2. The highest BCUT2D eigenvalue weighted by atomic mass is 16.4. The molecule has 19 heteroatoms. The number of aliphatic hydroxyl groups excluding tert-OH is 1. The molecule has 1 heterocycles. The van der Waals surface area contributed by atoms with Crippen molar-refractivity contribution in [3.63, 3.8) is 0 Å². The molecule has 0 aliphatic rings. The molecule has 15 N–H and O–H groups in total. The molecule has 0 saturated carbocycles. The maximum atomic E-state index is 14.1. The van der Waals surface area contributed by atoms with Gasteiger partial charge in [-0.05, 0) is 87.9 Å². The molecule has 2 rings (SSSR count). The zero-order valence-corrected chi connectivity index (χ0v) is 38.0. The lowest BCUT2D eigenvalue weighted by Crippen LogP contribution is -2.62. The van der Waals surface area contributed by atoms with Crippen molar-refractivity contribution in [1.82, 2.24) is 36.9 Å². The van der Waals surface area contributed by atoms with E-state index < -0.39 is 102 Å². The zero-order valence-electron chi connectivity index (χ0n) is 38.0. The summed E-state index contributed by atoms with van der Waals surface area (Å²) in [5.74, 6) is -6.75. The van der Waals surface area contributed by atoms with Crippen molar-refractivity contribution >= 4 is 52.3 Å². The number of aliphatic carboxylic acids is 1. The standard InChI is InChI=1S/C44H74N10O9/c1-8-26(6)36(44(62)63)53-41(59)34(22-28-23-48-31-17-10-9-15-29(28)31)51-42(60)35(25(4)5)52-43(61)37(27(7)55)54-40(58)33(21-24(2)3)50-39(57)32(18-12-14-20-46)49-38(56)30(47)16-11-13-19-45/h9-10,15,17,23-27,30,32-37,48,55H,8,11-14,16,18-22,45-47H2,1-7H3,(H,49,56)(H,50,57)(H,51,60)(H,52,61)(H,53,59)(H,54,58)(H,62,63)/t26-,27+,30-,32-,33-,34-,35-,36-,37-/m0/s1. The van der Waals surface area contributed by atoms with Crippen LogP contribution in [0.3, 0.4) is 0 Å². The zero-order chi connectivity index (χ0) is 47.4. The number of aromatic nitrogens is 1. The number of hydrogen-bond donors (Lipinski definition) is 12. The number of nitrogens with one attached hydrogen (secondary N) is 7. The van der Waals surface area contributed by atoms with Gasteiger partial charge in [-0.1, -0.05) is 72.6 Å².